The Hall–Kier alpha value is -1.59. The Morgan fingerprint density at radius 1 is 1.05 bits per heavy atom. The number of aromatic carboxylic acids is 1. The average Bonchev–Trinajstić information content (AvgIpc) is 3.23. The zero-order valence-electron chi connectivity index (χ0n) is 24.2. The van der Waals surface area contributed by atoms with Crippen LogP contribution in [0.25, 0.3) is 0 Å². The van der Waals surface area contributed by atoms with Crippen molar-refractivity contribution >= 4 is 5.97 Å². The van der Waals surface area contributed by atoms with Crippen molar-refractivity contribution in [1.82, 2.24) is 0 Å². The Morgan fingerprint density at radius 3 is 2.47 bits per heavy atom. The lowest BCUT2D eigenvalue weighted by atomic mass is 9.41. The van der Waals surface area contributed by atoms with Gasteiger partial charge in [0.25, 0.3) is 0 Å². The second-order valence-electron chi connectivity index (χ2n) is 14.0. The molecule has 3 N–H and O–H groups in total. The number of hydrogen-bond acceptors (Lipinski definition) is 4. The number of aliphatic hydroxyl groups excluding tert-OH is 2. The summed E-state index contributed by atoms with van der Waals surface area (Å²) in [5.41, 5.74) is 1.62. The maximum absolute atomic E-state index is 11.9. The predicted octanol–water partition coefficient (Wildman–Crippen LogP) is 6.72. The lowest BCUT2D eigenvalue weighted by molar-refractivity contribution is -0.203. The van der Waals surface area contributed by atoms with E-state index in [1.54, 1.807) is 12.1 Å². The number of aryl methyl sites for hydroxylation is 1. The van der Waals surface area contributed by atoms with Crippen molar-refractivity contribution in [2.45, 2.75) is 105 Å². The van der Waals surface area contributed by atoms with E-state index in [-0.39, 0.29) is 28.6 Å². The second-order valence-corrected chi connectivity index (χ2v) is 14.0. The minimum absolute atomic E-state index is 0.204. The third-order valence-electron chi connectivity index (χ3n) is 12.3. The van der Waals surface area contributed by atoms with Gasteiger partial charge in [0, 0.05) is 0 Å². The van der Waals surface area contributed by atoms with Crippen molar-refractivity contribution in [2.24, 2.45) is 52.3 Å². The van der Waals surface area contributed by atoms with Gasteiger partial charge in [-0.3, -0.25) is 0 Å². The fraction of sp³-hybridized carbons (Fsp3) is 0.788. The third kappa shape index (κ3) is 4.50. The van der Waals surface area contributed by atoms with E-state index in [1.807, 2.05) is 13.0 Å². The summed E-state index contributed by atoms with van der Waals surface area (Å²) in [6, 6.07) is 5.37. The van der Waals surface area contributed by atoms with Crippen LogP contribution in [0.3, 0.4) is 0 Å². The molecule has 0 bridgehead atoms. The van der Waals surface area contributed by atoms with E-state index in [1.165, 1.54) is 25.7 Å². The quantitative estimate of drug-likeness (QED) is 0.367. The van der Waals surface area contributed by atoms with Gasteiger partial charge in [0.05, 0.1) is 18.8 Å². The van der Waals surface area contributed by atoms with Gasteiger partial charge in [0.2, 0.25) is 0 Å². The number of carboxylic acid groups (broad SMARTS) is 1. The van der Waals surface area contributed by atoms with Gasteiger partial charge >= 0.3 is 5.97 Å². The molecular weight excluding hydrogens is 476 g/mol. The highest BCUT2D eigenvalue weighted by molar-refractivity contribution is 5.91. The number of carbonyl (C=O) groups is 1. The van der Waals surface area contributed by atoms with Crippen molar-refractivity contribution in [3.05, 3.63) is 29.3 Å². The number of ether oxygens (including phenoxy) is 1. The number of benzene rings is 1. The topological polar surface area (TPSA) is 87.0 Å². The van der Waals surface area contributed by atoms with Crippen molar-refractivity contribution in [1.29, 1.82) is 0 Å². The van der Waals surface area contributed by atoms with Crippen LogP contribution in [0, 0.1) is 59.2 Å². The molecule has 4 aliphatic rings. The molecule has 4 saturated carbocycles. The molecular formula is C33H50O5. The molecule has 4 fully saturated rings. The molecule has 11 atom stereocenters. The van der Waals surface area contributed by atoms with Crippen molar-refractivity contribution in [2.75, 3.05) is 6.61 Å². The van der Waals surface area contributed by atoms with Crippen molar-refractivity contribution < 1.29 is 24.9 Å². The Morgan fingerprint density at radius 2 is 1.76 bits per heavy atom. The molecule has 5 nitrogen and oxygen atoms in total. The molecule has 1 aromatic rings. The Labute approximate surface area is 229 Å². The van der Waals surface area contributed by atoms with Crippen molar-refractivity contribution in [3.8, 4) is 5.75 Å². The van der Waals surface area contributed by atoms with Crippen LogP contribution in [0.2, 0.25) is 0 Å². The van der Waals surface area contributed by atoms with Gasteiger partial charge in [-0.1, -0.05) is 45.7 Å². The number of hydrogen-bond donors (Lipinski definition) is 3. The van der Waals surface area contributed by atoms with E-state index in [2.05, 4.69) is 27.7 Å². The van der Waals surface area contributed by atoms with Gasteiger partial charge in [-0.25, -0.2) is 4.79 Å². The first-order valence-electron chi connectivity index (χ1n) is 15.3. The van der Waals surface area contributed by atoms with E-state index < -0.39 is 5.97 Å². The Balaban J connectivity index is 1.30. The first-order valence-corrected chi connectivity index (χ1v) is 15.3. The molecule has 0 radical (unpaired) electrons. The lowest BCUT2D eigenvalue weighted by Crippen LogP contribution is -2.62. The van der Waals surface area contributed by atoms with E-state index in [0.717, 1.165) is 37.7 Å². The fourth-order valence-corrected chi connectivity index (χ4v) is 10.4. The Bertz CT molecular complexity index is 1020. The van der Waals surface area contributed by atoms with Crippen LogP contribution in [0.1, 0.15) is 101 Å². The predicted molar refractivity (Wildman–Crippen MR) is 149 cm³/mol. The highest BCUT2D eigenvalue weighted by Gasteiger charge is 2.64. The van der Waals surface area contributed by atoms with Crippen LogP contribution in [0.15, 0.2) is 18.2 Å². The molecule has 5 heteroatoms. The van der Waals surface area contributed by atoms with Crippen LogP contribution in [-0.4, -0.2) is 40.1 Å². The first-order chi connectivity index (χ1) is 18.0. The minimum Gasteiger partial charge on any atom is -0.493 e. The van der Waals surface area contributed by atoms with Crippen LogP contribution >= 0.6 is 0 Å². The van der Waals surface area contributed by atoms with E-state index in [0.29, 0.717) is 53.8 Å². The number of aliphatic hydroxyl groups is 2. The molecule has 0 spiro atoms. The number of fused-ring (bicyclic) bond motifs is 5. The highest BCUT2D eigenvalue weighted by atomic mass is 16.5. The molecule has 0 amide bonds. The van der Waals surface area contributed by atoms with E-state index >= 15 is 0 Å². The molecule has 0 aliphatic heterocycles. The summed E-state index contributed by atoms with van der Waals surface area (Å²) in [7, 11) is 0. The summed E-state index contributed by atoms with van der Waals surface area (Å²) in [5.74, 6) is 2.81. The molecule has 0 saturated heterocycles. The maximum Gasteiger partial charge on any atom is 0.339 e. The molecule has 5 rings (SSSR count). The van der Waals surface area contributed by atoms with Gasteiger partial charge in [-0.2, -0.15) is 0 Å². The van der Waals surface area contributed by atoms with Gasteiger partial charge < -0.3 is 20.1 Å². The van der Waals surface area contributed by atoms with Gasteiger partial charge in [0.15, 0.2) is 0 Å². The maximum atomic E-state index is 11.9. The standard InChI is InChI=1S/C33H50O5/c1-6-22-27-18-21(34)11-14-33(27,5)26-12-15-32(4)24(8-9-25(32)29(26)30(22)35)20(3)13-16-38-28-10-7-19(2)17-23(28)31(36)37/h7,10,17,20-22,24-27,29-30,34-35H,6,8-9,11-16,18H2,1-5H3,(H,36,37)/t20-,21-,22-,24-,25+,26+,27+,29+,30-,32-,33-/m1/s1. The van der Waals surface area contributed by atoms with Gasteiger partial charge in [-0.15, -0.1) is 0 Å². The minimum atomic E-state index is -0.945. The zero-order valence-corrected chi connectivity index (χ0v) is 24.2. The Kier molecular flexibility index (Phi) is 7.67. The molecule has 0 unspecified atom stereocenters. The van der Waals surface area contributed by atoms with Crippen LogP contribution < -0.4 is 4.74 Å². The van der Waals surface area contributed by atoms with Gasteiger partial charge in [0.1, 0.15) is 11.3 Å². The fourth-order valence-electron chi connectivity index (χ4n) is 10.4. The summed E-state index contributed by atoms with van der Waals surface area (Å²) < 4.78 is 6.02. The van der Waals surface area contributed by atoms with Crippen LogP contribution in [0.4, 0.5) is 0 Å². The molecule has 0 heterocycles. The normalized spacial score (nSPS) is 43.0. The summed E-state index contributed by atoms with van der Waals surface area (Å²) >= 11 is 0. The molecule has 212 valence electrons. The summed E-state index contributed by atoms with van der Waals surface area (Å²) in [6.45, 7) is 12.0. The van der Waals surface area contributed by atoms with E-state index in [9.17, 15) is 20.1 Å². The van der Waals surface area contributed by atoms with Crippen LogP contribution in [0.5, 0.6) is 5.75 Å². The average molecular weight is 527 g/mol. The number of carboxylic acids is 1. The zero-order chi connectivity index (χ0) is 27.4. The second kappa shape index (κ2) is 10.4. The van der Waals surface area contributed by atoms with E-state index in [4.69, 9.17) is 4.74 Å². The third-order valence-corrected chi connectivity index (χ3v) is 12.3. The summed E-state index contributed by atoms with van der Waals surface area (Å²) in [5, 5.41) is 32.0. The first kappa shape index (κ1) is 28.0. The molecule has 0 aromatic heterocycles. The van der Waals surface area contributed by atoms with Crippen molar-refractivity contribution in [3.63, 3.8) is 0 Å². The molecule has 1 aromatic carbocycles. The SMILES string of the molecule is CC[C@H]1[C@@H](O)[C@@H]2[C@H](CC[C@]3(C)[C@@H]([C@H](C)CCOc4ccc(C)cc4C(=O)O)CC[C@@H]23)[C@@]2(C)CC[C@@H](O)C[C@@H]12. The smallest absolute Gasteiger partial charge is 0.339 e. The molecule has 38 heavy (non-hydrogen) atoms. The highest BCUT2D eigenvalue weighted by Crippen LogP contribution is 2.69. The largest absolute Gasteiger partial charge is 0.493 e. The number of rotatable bonds is 7. The lowest BCUT2D eigenvalue weighted by Gasteiger charge is -2.64. The van der Waals surface area contributed by atoms with Crippen LogP contribution in [-0.2, 0) is 0 Å². The summed E-state index contributed by atoms with van der Waals surface area (Å²) in [4.78, 5) is 11.7. The summed E-state index contributed by atoms with van der Waals surface area (Å²) in [6.07, 6.45) is 9.14. The molecule has 4 aliphatic carbocycles. The van der Waals surface area contributed by atoms with Gasteiger partial charge in [-0.05, 0) is 123 Å². The monoisotopic (exact) mass is 526 g/mol.